The van der Waals surface area contributed by atoms with E-state index in [1.165, 1.54) is 63.8 Å². The summed E-state index contributed by atoms with van der Waals surface area (Å²) in [6.45, 7) is 0.0741. The van der Waals surface area contributed by atoms with Gasteiger partial charge < -0.3 is 19.2 Å². The molecular weight excluding hydrogens is 574 g/mol. The van der Waals surface area contributed by atoms with Crippen LogP contribution in [0, 0.1) is 0 Å². The van der Waals surface area contributed by atoms with Crippen LogP contribution in [0.3, 0.4) is 0 Å². The van der Waals surface area contributed by atoms with Gasteiger partial charge in [-0.2, -0.15) is 0 Å². The van der Waals surface area contributed by atoms with Gasteiger partial charge in [0, 0.05) is 31.5 Å². The second-order valence-electron chi connectivity index (χ2n) is 11.6. The average Bonchev–Trinajstić information content (AvgIpc) is 3.80. The van der Waals surface area contributed by atoms with E-state index in [2.05, 4.69) is 167 Å². The molecule has 2 aliphatic heterocycles. The van der Waals surface area contributed by atoms with E-state index in [9.17, 15) is 0 Å². The van der Waals surface area contributed by atoms with Crippen molar-refractivity contribution in [3.8, 4) is 0 Å². The maximum absolute atomic E-state index is 2.53. The van der Waals surface area contributed by atoms with Gasteiger partial charge in [-0.25, -0.2) is 0 Å². The molecule has 9 rings (SSSR count). The largest absolute Gasteiger partial charge is 0.416 e. The summed E-state index contributed by atoms with van der Waals surface area (Å²) in [5.74, 6) is 0. The molecule has 44 heavy (non-hydrogen) atoms. The van der Waals surface area contributed by atoms with Gasteiger partial charge in [-0.3, -0.25) is 0 Å². The lowest BCUT2D eigenvalue weighted by Crippen LogP contribution is -2.57. The molecule has 0 atom stereocenters. The fraction of sp³-hybridized carbons (Fsp3) is 0.0556. The molecule has 0 unspecified atom stereocenters. The number of rotatable bonds is 4. The molecule has 4 nitrogen and oxygen atoms in total. The molecule has 0 spiro atoms. The minimum Gasteiger partial charge on any atom is -0.385 e. The fourth-order valence-electron chi connectivity index (χ4n) is 7.14. The molecule has 2 aliphatic rings. The molecule has 7 aromatic rings. The van der Waals surface area contributed by atoms with Gasteiger partial charge in [0.25, 0.3) is 0 Å². The van der Waals surface area contributed by atoms with Crippen LogP contribution in [-0.4, -0.2) is 28.1 Å². The first-order valence-corrected chi connectivity index (χ1v) is 16.6. The summed E-state index contributed by atoms with van der Waals surface area (Å²) >= 11 is 3.76. The lowest BCUT2D eigenvalue weighted by atomic mass is 9.59. The zero-order valence-corrected chi connectivity index (χ0v) is 26.1. The summed E-state index contributed by atoms with van der Waals surface area (Å²) in [4.78, 5) is 9.99. The van der Waals surface area contributed by atoms with E-state index in [1.807, 2.05) is 22.7 Å². The number of thiophene rings is 2. The summed E-state index contributed by atoms with van der Waals surface area (Å²) < 4.78 is 2.64. The zero-order chi connectivity index (χ0) is 29.4. The lowest BCUT2D eigenvalue weighted by Gasteiger charge is -2.31. The highest BCUT2D eigenvalue weighted by molar-refractivity contribution is 7.25. The van der Waals surface area contributed by atoms with Crippen molar-refractivity contribution < 1.29 is 0 Å². The van der Waals surface area contributed by atoms with Crippen molar-refractivity contribution in [3.63, 3.8) is 0 Å². The van der Waals surface area contributed by atoms with E-state index in [1.54, 1.807) is 0 Å². The monoisotopic (exact) mass is 602 g/mol. The van der Waals surface area contributed by atoms with Crippen molar-refractivity contribution in [2.24, 2.45) is 0 Å². The van der Waals surface area contributed by atoms with Gasteiger partial charge in [-0.1, -0.05) is 97.1 Å². The summed E-state index contributed by atoms with van der Waals surface area (Å²) in [6, 6.07) is 48.6. The van der Waals surface area contributed by atoms with E-state index in [-0.39, 0.29) is 14.0 Å². The maximum atomic E-state index is 2.53. The number of hydrogen-bond acceptors (Lipinski definition) is 6. The molecule has 0 saturated carbocycles. The molecule has 2 aromatic heterocycles. The number of nitrogens with zero attached hydrogens (tertiary/aromatic N) is 4. The van der Waals surface area contributed by atoms with E-state index >= 15 is 0 Å². The van der Waals surface area contributed by atoms with Gasteiger partial charge >= 0.3 is 14.0 Å². The van der Waals surface area contributed by atoms with Gasteiger partial charge in [0.1, 0.15) is 10.0 Å². The molecular formula is C36H28B2N4S2. The van der Waals surface area contributed by atoms with Crippen LogP contribution in [0.4, 0.5) is 32.8 Å². The standard InChI is InChI=1S/C36H28B2N4S2/c1-39-35-33(29-20-9-11-22-31(29)43-35)41(27-16-5-3-6-17-27)37(39)25-14-13-15-26(24-25)38-40(2)36-34(30-21-10-12-23-32(30)44-36)42(38)28-18-7-4-8-19-28/h3-24H,1-2H3. The van der Waals surface area contributed by atoms with Crippen molar-refractivity contribution in [2.45, 2.75) is 0 Å². The molecule has 0 aliphatic carbocycles. The Hall–Kier alpha value is -4.65. The van der Waals surface area contributed by atoms with Gasteiger partial charge in [0.2, 0.25) is 0 Å². The third kappa shape index (κ3) is 3.71. The number of hydrogen-bond donors (Lipinski definition) is 0. The summed E-state index contributed by atoms with van der Waals surface area (Å²) in [5.41, 5.74) is 7.56. The molecule has 4 heterocycles. The normalized spacial score (nSPS) is 14.3. The van der Waals surface area contributed by atoms with E-state index in [0.29, 0.717) is 0 Å². The third-order valence-electron chi connectivity index (χ3n) is 9.02. The topological polar surface area (TPSA) is 13.0 Å². The average molecular weight is 602 g/mol. The fourth-order valence-corrected chi connectivity index (χ4v) is 9.49. The van der Waals surface area contributed by atoms with Crippen molar-refractivity contribution in [3.05, 3.63) is 133 Å². The predicted molar refractivity (Wildman–Crippen MR) is 195 cm³/mol. The highest BCUT2D eigenvalue weighted by Crippen LogP contribution is 2.53. The minimum absolute atomic E-state index is 0.0370. The first-order chi connectivity index (χ1) is 21.7. The smallest absolute Gasteiger partial charge is 0.385 e. The quantitative estimate of drug-likeness (QED) is 0.189. The zero-order valence-electron chi connectivity index (χ0n) is 24.5. The Morgan fingerprint density at radius 3 is 1.32 bits per heavy atom. The second-order valence-corrected chi connectivity index (χ2v) is 13.6. The number of anilines is 6. The molecule has 8 heteroatoms. The van der Waals surface area contributed by atoms with Crippen LogP contribution in [0.1, 0.15) is 0 Å². The van der Waals surface area contributed by atoms with Crippen LogP contribution in [0.15, 0.2) is 133 Å². The highest BCUT2D eigenvalue weighted by Gasteiger charge is 2.46. The Labute approximate surface area is 266 Å². The van der Waals surface area contributed by atoms with Crippen molar-refractivity contribution in [2.75, 3.05) is 33.3 Å². The lowest BCUT2D eigenvalue weighted by molar-refractivity contribution is 1.34. The Kier molecular flexibility index (Phi) is 5.83. The van der Waals surface area contributed by atoms with Crippen LogP contribution < -0.4 is 30.2 Å². The summed E-state index contributed by atoms with van der Waals surface area (Å²) in [6.07, 6.45) is 0. The number of benzene rings is 5. The molecule has 0 saturated heterocycles. The van der Waals surface area contributed by atoms with Gasteiger partial charge in [0.15, 0.2) is 0 Å². The summed E-state index contributed by atoms with van der Waals surface area (Å²) in [7, 11) is 4.49. The highest BCUT2D eigenvalue weighted by atomic mass is 32.1. The van der Waals surface area contributed by atoms with Crippen molar-refractivity contribution >= 4 is 100 Å². The van der Waals surface area contributed by atoms with Crippen LogP contribution in [0.2, 0.25) is 0 Å². The molecule has 0 fully saturated rings. The second kappa shape index (κ2) is 9.94. The first-order valence-electron chi connectivity index (χ1n) is 15.0. The van der Waals surface area contributed by atoms with Gasteiger partial charge in [0.05, 0.1) is 11.4 Å². The van der Waals surface area contributed by atoms with Crippen molar-refractivity contribution in [1.29, 1.82) is 0 Å². The molecule has 5 aromatic carbocycles. The van der Waals surface area contributed by atoms with Crippen LogP contribution in [0.5, 0.6) is 0 Å². The molecule has 0 radical (unpaired) electrons. The van der Waals surface area contributed by atoms with E-state index in [0.717, 1.165) is 0 Å². The van der Waals surface area contributed by atoms with E-state index < -0.39 is 0 Å². The Morgan fingerprint density at radius 1 is 0.455 bits per heavy atom. The Balaban J connectivity index is 1.20. The Bertz CT molecular complexity index is 2010. The predicted octanol–water partition coefficient (Wildman–Crippen LogP) is 8.08. The maximum Gasteiger partial charge on any atom is 0.416 e. The van der Waals surface area contributed by atoms with Crippen LogP contribution >= 0.6 is 22.7 Å². The third-order valence-corrected chi connectivity index (χ3v) is 11.5. The molecule has 0 bridgehead atoms. The van der Waals surface area contributed by atoms with Gasteiger partial charge in [-0.15, -0.1) is 22.7 Å². The molecule has 0 N–H and O–H groups in total. The van der Waals surface area contributed by atoms with E-state index in [4.69, 9.17) is 0 Å². The van der Waals surface area contributed by atoms with Crippen LogP contribution in [0.25, 0.3) is 20.2 Å². The SMILES string of the molecule is CN1B(c2cccc(B3N(C)c4sc5ccccc5c4N3c3ccccc3)c2)N(c2ccccc2)c2c1sc1ccccc21. The molecule has 0 amide bonds. The Morgan fingerprint density at radius 2 is 0.864 bits per heavy atom. The number of fused-ring (bicyclic) bond motifs is 6. The minimum atomic E-state index is 0.0370. The molecule has 210 valence electrons. The first kappa shape index (κ1) is 25.8. The number of para-hydroxylation sites is 2. The van der Waals surface area contributed by atoms with Crippen LogP contribution in [-0.2, 0) is 0 Å². The van der Waals surface area contributed by atoms with Gasteiger partial charge in [-0.05, 0) is 61.4 Å². The summed E-state index contributed by atoms with van der Waals surface area (Å²) in [5, 5.41) is 5.24. The van der Waals surface area contributed by atoms with Crippen molar-refractivity contribution in [1.82, 2.24) is 0 Å².